The van der Waals surface area contributed by atoms with E-state index in [0.29, 0.717) is 44.1 Å². The van der Waals surface area contributed by atoms with Crippen molar-refractivity contribution in [1.82, 2.24) is 15.8 Å². The SMILES string of the molecule is COC(=S)NC[C@H]1CN(c2ccc(N3CCNN(C(=O)OC(C)(C)C)CC3)c(F)c2)C(=O)O1. The first-order valence-electron chi connectivity index (χ1n) is 10.7. The highest BCUT2D eigenvalue weighted by atomic mass is 32.1. The van der Waals surface area contributed by atoms with Gasteiger partial charge < -0.3 is 24.4 Å². The number of hydrazine groups is 1. The van der Waals surface area contributed by atoms with Crippen molar-refractivity contribution in [1.29, 1.82) is 0 Å². The lowest BCUT2D eigenvalue weighted by molar-refractivity contribution is 0.0161. The van der Waals surface area contributed by atoms with E-state index in [1.165, 1.54) is 23.1 Å². The number of methoxy groups -OCH3 is 1. The number of nitrogens with one attached hydrogen (secondary N) is 2. The summed E-state index contributed by atoms with van der Waals surface area (Å²) in [7, 11) is 1.45. The summed E-state index contributed by atoms with van der Waals surface area (Å²) in [4.78, 5) is 27.8. The van der Waals surface area contributed by atoms with E-state index in [1.807, 2.05) is 4.90 Å². The van der Waals surface area contributed by atoms with Gasteiger partial charge in [-0.2, -0.15) is 0 Å². The van der Waals surface area contributed by atoms with Gasteiger partial charge in [-0.25, -0.2) is 24.4 Å². The lowest BCUT2D eigenvalue weighted by Crippen LogP contribution is -2.46. The Morgan fingerprint density at radius 1 is 1.33 bits per heavy atom. The van der Waals surface area contributed by atoms with Crippen molar-refractivity contribution in [2.75, 3.05) is 56.2 Å². The van der Waals surface area contributed by atoms with Crippen molar-refractivity contribution in [2.24, 2.45) is 0 Å². The Kier molecular flexibility index (Phi) is 7.80. The van der Waals surface area contributed by atoms with E-state index >= 15 is 4.39 Å². The molecule has 0 radical (unpaired) electrons. The molecule has 10 nitrogen and oxygen atoms in total. The summed E-state index contributed by atoms with van der Waals surface area (Å²) in [6.45, 7) is 7.64. The van der Waals surface area contributed by atoms with Crippen LogP contribution < -0.4 is 20.5 Å². The minimum absolute atomic E-state index is 0.206. The van der Waals surface area contributed by atoms with Crippen LogP contribution in [-0.2, 0) is 14.2 Å². The predicted molar refractivity (Wildman–Crippen MR) is 125 cm³/mol. The van der Waals surface area contributed by atoms with Gasteiger partial charge in [0.25, 0.3) is 5.17 Å². The van der Waals surface area contributed by atoms with E-state index in [9.17, 15) is 9.59 Å². The number of rotatable bonds is 4. The Labute approximate surface area is 197 Å². The van der Waals surface area contributed by atoms with Gasteiger partial charge in [-0.15, -0.1) is 0 Å². The van der Waals surface area contributed by atoms with Crippen molar-refractivity contribution in [3.63, 3.8) is 0 Å². The zero-order valence-electron chi connectivity index (χ0n) is 19.2. The lowest BCUT2D eigenvalue weighted by Gasteiger charge is -2.27. The number of thiocarbonyl (C=S) groups is 1. The molecule has 1 atom stereocenters. The van der Waals surface area contributed by atoms with Gasteiger partial charge in [-0.1, -0.05) is 0 Å². The van der Waals surface area contributed by atoms with Crippen molar-refractivity contribution in [3.8, 4) is 0 Å². The van der Waals surface area contributed by atoms with Crippen LogP contribution in [0.25, 0.3) is 0 Å². The molecule has 33 heavy (non-hydrogen) atoms. The fraction of sp³-hybridized carbons (Fsp3) is 0.571. The van der Waals surface area contributed by atoms with Crippen molar-refractivity contribution in [2.45, 2.75) is 32.5 Å². The zero-order valence-corrected chi connectivity index (χ0v) is 20.0. The Bertz CT molecular complexity index is 896. The van der Waals surface area contributed by atoms with E-state index in [-0.39, 0.29) is 11.7 Å². The molecule has 0 spiro atoms. The number of benzene rings is 1. The molecule has 1 aromatic carbocycles. The molecule has 0 saturated carbocycles. The first kappa shape index (κ1) is 24.8. The molecule has 12 heteroatoms. The highest BCUT2D eigenvalue weighted by molar-refractivity contribution is 7.80. The number of nitrogens with zero attached hydrogens (tertiary/aromatic N) is 3. The largest absolute Gasteiger partial charge is 0.474 e. The first-order valence-corrected chi connectivity index (χ1v) is 11.1. The van der Waals surface area contributed by atoms with Crippen molar-refractivity contribution in [3.05, 3.63) is 24.0 Å². The van der Waals surface area contributed by atoms with Gasteiger partial charge in [0.15, 0.2) is 0 Å². The van der Waals surface area contributed by atoms with Crippen molar-refractivity contribution < 1.29 is 28.2 Å². The second-order valence-electron chi connectivity index (χ2n) is 8.65. The van der Waals surface area contributed by atoms with Crippen LogP contribution in [-0.4, -0.2) is 80.5 Å². The highest BCUT2D eigenvalue weighted by Crippen LogP contribution is 2.28. The Hall–Kier alpha value is -2.86. The molecule has 0 aliphatic carbocycles. The maximum absolute atomic E-state index is 15.0. The smallest absolute Gasteiger partial charge is 0.424 e. The fourth-order valence-electron chi connectivity index (χ4n) is 3.47. The van der Waals surface area contributed by atoms with E-state index in [4.69, 9.17) is 26.4 Å². The summed E-state index contributed by atoms with van der Waals surface area (Å²) in [5.41, 5.74) is 3.21. The Balaban J connectivity index is 1.62. The number of carbonyl (C=O) groups excluding carboxylic acids is 2. The zero-order chi connectivity index (χ0) is 24.2. The van der Waals surface area contributed by atoms with Crippen LogP contribution in [0, 0.1) is 5.82 Å². The molecule has 1 aromatic rings. The number of carbonyl (C=O) groups is 2. The van der Waals surface area contributed by atoms with Crippen LogP contribution >= 0.6 is 12.2 Å². The molecular weight excluding hydrogens is 453 g/mol. The number of anilines is 2. The number of ether oxygens (including phenoxy) is 3. The van der Waals surface area contributed by atoms with Crippen LogP contribution in [0.4, 0.5) is 25.4 Å². The van der Waals surface area contributed by atoms with Gasteiger partial charge in [0.1, 0.15) is 17.5 Å². The van der Waals surface area contributed by atoms with Gasteiger partial charge in [0.2, 0.25) is 0 Å². The average Bonchev–Trinajstić information content (AvgIpc) is 2.95. The average molecular weight is 484 g/mol. The minimum Gasteiger partial charge on any atom is -0.474 e. The van der Waals surface area contributed by atoms with Gasteiger partial charge in [0.05, 0.1) is 38.1 Å². The van der Waals surface area contributed by atoms with Gasteiger partial charge in [-0.05, 0) is 51.2 Å². The number of hydrogen-bond donors (Lipinski definition) is 2. The minimum atomic E-state index is -0.603. The molecule has 2 N–H and O–H groups in total. The van der Waals surface area contributed by atoms with Gasteiger partial charge in [0, 0.05) is 19.6 Å². The number of cyclic esters (lactones) is 1. The number of halogens is 1. The predicted octanol–water partition coefficient (Wildman–Crippen LogP) is 2.23. The lowest BCUT2D eigenvalue weighted by atomic mass is 10.2. The van der Waals surface area contributed by atoms with Crippen LogP contribution in [0.5, 0.6) is 0 Å². The van der Waals surface area contributed by atoms with Crippen LogP contribution in [0.15, 0.2) is 18.2 Å². The van der Waals surface area contributed by atoms with E-state index < -0.39 is 29.7 Å². The highest BCUT2D eigenvalue weighted by Gasteiger charge is 2.33. The van der Waals surface area contributed by atoms with E-state index in [1.54, 1.807) is 32.9 Å². The normalized spacial score (nSPS) is 19.1. The fourth-order valence-corrected chi connectivity index (χ4v) is 3.56. The molecule has 2 aliphatic heterocycles. The molecule has 182 valence electrons. The summed E-state index contributed by atoms with van der Waals surface area (Å²) in [5.74, 6) is -0.465. The monoisotopic (exact) mass is 483 g/mol. The Morgan fingerprint density at radius 3 is 2.76 bits per heavy atom. The molecule has 0 bridgehead atoms. The second-order valence-corrected chi connectivity index (χ2v) is 9.02. The van der Waals surface area contributed by atoms with Gasteiger partial charge in [-0.3, -0.25) is 4.90 Å². The number of hydrogen-bond acceptors (Lipinski definition) is 8. The molecular formula is C21H30FN5O5S. The third kappa shape index (κ3) is 6.57. The molecule has 2 saturated heterocycles. The van der Waals surface area contributed by atoms with Crippen molar-refractivity contribution >= 4 is 41.0 Å². The third-order valence-corrected chi connectivity index (χ3v) is 5.32. The molecule has 2 amide bonds. The maximum atomic E-state index is 15.0. The molecule has 2 fully saturated rings. The second kappa shape index (κ2) is 10.4. The summed E-state index contributed by atoms with van der Waals surface area (Å²) in [5, 5.41) is 4.45. The molecule has 0 aromatic heterocycles. The molecule has 2 aliphatic rings. The van der Waals surface area contributed by atoms with Gasteiger partial charge >= 0.3 is 12.2 Å². The quantitative estimate of drug-likeness (QED) is 0.625. The van der Waals surface area contributed by atoms with Crippen LogP contribution in [0.2, 0.25) is 0 Å². The number of amides is 2. The maximum Gasteiger partial charge on any atom is 0.424 e. The molecule has 0 unspecified atom stereocenters. The van der Waals surface area contributed by atoms with E-state index in [0.717, 1.165) is 0 Å². The summed E-state index contributed by atoms with van der Waals surface area (Å²) < 4.78 is 30.6. The van der Waals surface area contributed by atoms with E-state index in [2.05, 4.69) is 10.7 Å². The van der Waals surface area contributed by atoms with Crippen LogP contribution in [0.1, 0.15) is 20.8 Å². The Morgan fingerprint density at radius 2 is 2.09 bits per heavy atom. The molecule has 3 rings (SSSR count). The summed E-state index contributed by atoms with van der Waals surface area (Å²) in [6.07, 6.45) is -1.46. The summed E-state index contributed by atoms with van der Waals surface area (Å²) in [6, 6.07) is 4.63. The van der Waals surface area contributed by atoms with Crippen LogP contribution in [0.3, 0.4) is 0 Å². The summed E-state index contributed by atoms with van der Waals surface area (Å²) >= 11 is 4.92. The third-order valence-electron chi connectivity index (χ3n) is 5.01. The molecule has 2 heterocycles. The standard InChI is InChI=1S/C21H30FN5O5S/c1-21(2,3)32-20(29)27-10-9-25(8-7-24-27)17-6-5-14(11-16(17)22)26-13-15(31-19(26)28)12-23-18(33)30-4/h5-6,11,15,24H,7-10,12-13H2,1-4H3,(H,23,33)/t15-/m0/s1. The first-order chi connectivity index (χ1) is 15.6. The topological polar surface area (TPSA) is 95.6 Å².